The molecule has 0 atom stereocenters. The summed E-state index contributed by atoms with van der Waals surface area (Å²) >= 11 is 0. The highest BCUT2D eigenvalue weighted by Gasteiger charge is 2.35. The van der Waals surface area contributed by atoms with Crippen LogP contribution in [-0.4, -0.2) is 11.4 Å². The first-order valence-electron chi connectivity index (χ1n) is 8.16. The van der Waals surface area contributed by atoms with E-state index in [9.17, 15) is 10.1 Å². The van der Waals surface area contributed by atoms with Crippen molar-refractivity contribution >= 4 is 5.91 Å². The van der Waals surface area contributed by atoms with Gasteiger partial charge in [0.2, 0.25) is 0 Å². The van der Waals surface area contributed by atoms with Crippen molar-refractivity contribution in [2.24, 2.45) is 0 Å². The summed E-state index contributed by atoms with van der Waals surface area (Å²) in [6.07, 6.45) is 4.40. The second kappa shape index (κ2) is 5.24. The Morgan fingerprint density at radius 1 is 1.04 bits per heavy atom. The number of nitrogens with zero attached hydrogens (tertiary/aromatic N) is 1. The standard InChI is InChI=1S/C20H18N2O/c21-13-20(9-3-4-10-20)22-19(23)15-7-8-18-16(12-15)11-14-5-1-2-6-17(14)18/h1-2,5-8,12H,3-4,9-11H2,(H,22,23). The quantitative estimate of drug-likeness (QED) is 0.782. The fraction of sp³-hybridized carbons (Fsp3) is 0.300. The van der Waals surface area contributed by atoms with Gasteiger partial charge in [0.15, 0.2) is 0 Å². The summed E-state index contributed by atoms with van der Waals surface area (Å²) in [6, 6.07) is 16.6. The van der Waals surface area contributed by atoms with Crippen LogP contribution in [0.5, 0.6) is 0 Å². The predicted molar refractivity (Wildman–Crippen MR) is 89.0 cm³/mol. The van der Waals surface area contributed by atoms with Crippen molar-refractivity contribution in [1.82, 2.24) is 5.32 Å². The van der Waals surface area contributed by atoms with E-state index in [2.05, 4.69) is 29.6 Å². The Morgan fingerprint density at radius 2 is 1.78 bits per heavy atom. The molecule has 2 aliphatic carbocycles. The number of carbonyl (C=O) groups is 1. The number of benzene rings is 2. The molecule has 3 heteroatoms. The van der Waals surface area contributed by atoms with Crippen molar-refractivity contribution in [3.63, 3.8) is 0 Å². The van der Waals surface area contributed by atoms with Crippen molar-refractivity contribution in [1.29, 1.82) is 5.26 Å². The molecule has 3 nitrogen and oxygen atoms in total. The van der Waals surface area contributed by atoms with Gasteiger partial charge in [-0.2, -0.15) is 5.26 Å². The van der Waals surface area contributed by atoms with Crippen LogP contribution in [0.4, 0.5) is 0 Å². The topological polar surface area (TPSA) is 52.9 Å². The molecule has 2 aromatic rings. The molecule has 0 radical (unpaired) electrons. The summed E-state index contributed by atoms with van der Waals surface area (Å²) in [7, 11) is 0. The molecule has 0 spiro atoms. The zero-order chi connectivity index (χ0) is 15.9. The highest BCUT2D eigenvalue weighted by Crippen LogP contribution is 2.37. The summed E-state index contributed by atoms with van der Waals surface area (Å²) in [6.45, 7) is 0. The Labute approximate surface area is 136 Å². The van der Waals surface area contributed by atoms with E-state index in [1.807, 2.05) is 24.3 Å². The summed E-state index contributed by atoms with van der Waals surface area (Å²) < 4.78 is 0. The van der Waals surface area contributed by atoms with Gasteiger partial charge in [-0.1, -0.05) is 30.3 Å². The van der Waals surface area contributed by atoms with Crippen LogP contribution in [0.3, 0.4) is 0 Å². The van der Waals surface area contributed by atoms with E-state index in [-0.39, 0.29) is 5.91 Å². The molecule has 0 aliphatic heterocycles. The lowest BCUT2D eigenvalue weighted by Crippen LogP contribution is -2.45. The van der Waals surface area contributed by atoms with Gasteiger partial charge in [-0.25, -0.2) is 0 Å². The van der Waals surface area contributed by atoms with Crippen molar-refractivity contribution in [2.45, 2.75) is 37.6 Å². The molecule has 1 N–H and O–H groups in total. The van der Waals surface area contributed by atoms with Crippen LogP contribution in [0.1, 0.15) is 47.2 Å². The third-order valence-corrected chi connectivity index (χ3v) is 5.08. The number of carbonyl (C=O) groups excluding carboxylic acids is 1. The maximum absolute atomic E-state index is 12.6. The molecule has 23 heavy (non-hydrogen) atoms. The molecule has 0 saturated heterocycles. The normalized spacial score (nSPS) is 17.2. The number of hydrogen-bond donors (Lipinski definition) is 1. The van der Waals surface area contributed by atoms with E-state index < -0.39 is 5.54 Å². The Bertz CT molecular complexity index is 826. The van der Waals surface area contributed by atoms with Crippen LogP contribution in [0.15, 0.2) is 42.5 Å². The Hall–Kier alpha value is -2.60. The number of nitrogens with one attached hydrogen (secondary N) is 1. The predicted octanol–water partition coefficient (Wildman–Crippen LogP) is 3.82. The number of hydrogen-bond acceptors (Lipinski definition) is 2. The Kier molecular flexibility index (Phi) is 3.20. The molecule has 0 aromatic heterocycles. The van der Waals surface area contributed by atoms with E-state index in [0.29, 0.717) is 5.56 Å². The largest absolute Gasteiger partial charge is 0.334 e. The highest BCUT2D eigenvalue weighted by molar-refractivity contribution is 5.96. The summed E-state index contributed by atoms with van der Waals surface area (Å²) in [4.78, 5) is 12.6. The van der Waals surface area contributed by atoms with Gasteiger partial charge in [0.25, 0.3) is 5.91 Å². The number of rotatable bonds is 2. The van der Waals surface area contributed by atoms with E-state index in [0.717, 1.165) is 32.1 Å². The molecule has 114 valence electrons. The van der Waals surface area contributed by atoms with Crippen molar-refractivity contribution in [2.75, 3.05) is 0 Å². The van der Waals surface area contributed by atoms with E-state index in [1.54, 1.807) is 0 Å². The number of amides is 1. The Morgan fingerprint density at radius 3 is 2.57 bits per heavy atom. The maximum atomic E-state index is 12.6. The van der Waals surface area contributed by atoms with Crippen molar-refractivity contribution in [3.05, 3.63) is 59.2 Å². The number of fused-ring (bicyclic) bond motifs is 3. The zero-order valence-electron chi connectivity index (χ0n) is 12.9. The van der Waals surface area contributed by atoms with E-state index >= 15 is 0 Å². The van der Waals surface area contributed by atoms with Crippen LogP contribution < -0.4 is 5.32 Å². The van der Waals surface area contributed by atoms with E-state index in [1.165, 1.54) is 22.3 Å². The van der Waals surface area contributed by atoms with Gasteiger partial charge >= 0.3 is 0 Å². The summed E-state index contributed by atoms with van der Waals surface area (Å²) in [5.74, 6) is -0.132. The molecule has 1 fully saturated rings. The van der Waals surface area contributed by atoms with Crippen LogP contribution in [0.25, 0.3) is 11.1 Å². The zero-order valence-corrected chi connectivity index (χ0v) is 12.9. The van der Waals surface area contributed by atoms with Crippen molar-refractivity contribution < 1.29 is 4.79 Å². The first kappa shape index (κ1) is 14.0. The first-order chi connectivity index (χ1) is 11.2. The lowest BCUT2D eigenvalue weighted by Gasteiger charge is -2.22. The molecule has 2 aromatic carbocycles. The van der Waals surface area contributed by atoms with Crippen LogP contribution >= 0.6 is 0 Å². The highest BCUT2D eigenvalue weighted by atomic mass is 16.1. The van der Waals surface area contributed by atoms with Crippen molar-refractivity contribution in [3.8, 4) is 17.2 Å². The molecular formula is C20H18N2O. The van der Waals surface area contributed by atoms with Gasteiger partial charge < -0.3 is 5.32 Å². The maximum Gasteiger partial charge on any atom is 0.252 e. The van der Waals surface area contributed by atoms with Gasteiger partial charge in [-0.3, -0.25) is 4.79 Å². The second-order valence-electron chi connectivity index (χ2n) is 6.56. The average Bonchev–Trinajstić information content (AvgIpc) is 3.18. The van der Waals surface area contributed by atoms with Gasteiger partial charge in [0.1, 0.15) is 5.54 Å². The lowest BCUT2D eigenvalue weighted by molar-refractivity contribution is 0.0920. The summed E-state index contributed by atoms with van der Waals surface area (Å²) in [5, 5.41) is 12.4. The fourth-order valence-electron chi connectivity index (χ4n) is 3.82. The minimum absolute atomic E-state index is 0.132. The van der Waals surface area contributed by atoms with Crippen LogP contribution in [-0.2, 0) is 6.42 Å². The van der Waals surface area contributed by atoms with Gasteiger partial charge in [-0.15, -0.1) is 0 Å². The molecular weight excluding hydrogens is 284 g/mol. The van der Waals surface area contributed by atoms with E-state index in [4.69, 9.17) is 0 Å². The average molecular weight is 302 g/mol. The molecule has 1 amide bonds. The minimum atomic E-state index is -0.668. The third-order valence-electron chi connectivity index (χ3n) is 5.08. The second-order valence-corrected chi connectivity index (χ2v) is 6.56. The summed E-state index contributed by atoms with van der Waals surface area (Å²) in [5.41, 5.74) is 4.96. The molecule has 4 rings (SSSR count). The first-order valence-corrected chi connectivity index (χ1v) is 8.16. The SMILES string of the molecule is N#CC1(NC(=O)c2ccc3c(c2)Cc2ccccc2-3)CCCC1. The smallest absolute Gasteiger partial charge is 0.252 e. The van der Waals surface area contributed by atoms with Gasteiger partial charge in [0, 0.05) is 5.56 Å². The molecule has 1 saturated carbocycles. The molecule has 2 aliphatic rings. The Balaban J connectivity index is 1.61. The minimum Gasteiger partial charge on any atom is -0.334 e. The molecule has 0 unspecified atom stereocenters. The lowest BCUT2D eigenvalue weighted by atomic mass is 9.98. The molecule has 0 bridgehead atoms. The third kappa shape index (κ3) is 2.31. The monoisotopic (exact) mass is 302 g/mol. The number of nitriles is 1. The van der Waals surface area contributed by atoms with Gasteiger partial charge in [-0.05, 0) is 66.5 Å². The van der Waals surface area contributed by atoms with Crippen LogP contribution in [0, 0.1) is 11.3 Å². The fourth-order valence-corrected chi connectivity index (χ4v) is 3.82. The van der Waals surface area contributed by atoms with Crippen LogP contribution in [0.2, 0.25) is 0 Å². The molecule has 0 heterocycles. The van der Waals surface area contributed by atoms with Gasteiger partial charge in [0.05, 0.1) is 6.07 Å².